The zero-order chi connectivity index (χ0) is 14.5. The average Bonchev–Trinajstić information content (AvgIpc) is 2.46. The summed E-state index contributed by atoms with van der Waals surface area (Å²) in [6, 6.07) is 6.40. The van der Waals surface area contributed by atoms with Crippen LogP contribution in [0.25, 0.3) is 0 Å². The molecule has 20 heavy (non-hydrogen) atoms. The molecule has 1 fully saturated rings. The Kier molecular flexibility index (Phi) is 5.12. The van der Waals surface area contributed by atoms with Gasteiger partial charge in [0.2, 0.25) is 5.91 Å². The molecule has 0 spiro atoms. The molecule has 1 aliphatic heterocycles. The second kappa shape index (κ2) is 6.84. The summed E-state index contributed by atoms with van der Waals surface area (Å²) in [6.45, 7) is 6.36. The lowest BCUT2D eigenvalue weighted by atomic mass is 9.98. The minimum Gasteiger partial charge on any atom is -0.351 e. The number of carbonyl (C=O) groups excluding carboxylic acids is 1. The van der Waals surface area contributed by atoms with E-state index in [-0.39, 0.29) is 24.3 Å². The van der Waals surface area contributed by atoms with E-state index >= 15 is 0 Å². The maximum Gasteiger partial charge on any atom is 0.237 e. The Morgan fingerprint density at radius 1 is 1.40 bits per heavy atom. The number of piperidine rings is 1. The number of halogens is 1. The number of hydrogen-bond donors (Lipinski definition) is 1. The van der Waals surface area contributed by atoms with Crippen molar-refractivity contribution in [1.82, 2.24) is 10.2 Å². The van der Waals surface area contributed by atoms with Gasteiger partial charge < -0.3 is 5.32 Å². The van der Waals surface area contributed by atoms with Gasteiger partial charge in [-0.1, -0.05) is 25.1 Å². The number of likely N-dealkylation sites (tertiary alicyclic amines) is 1. The van der Waals surface area contributed by atoms with Crippen molar-refractivity contribution in [2.75, 3.05) is 13.1 Å². The normalized spacial score (nSPS) is 18.8. The lowest BCUT2D eigenvalue weighted by Gasteiger charge is -2.34. The van der Waals surface area contributed by atoms with Crippen LogP contribution in [0.3, 0.4) is 0 Å². The number of amides is 1. The molecule has 3 nitrogen and oxygen atoms in total. The van der Waals surface area contributed by atoms with Gasteiger partial charge in [-0.25, -0.2) is 4.39 Å². The number of nitrogens with zero attached hydrogens (tertiary/aromatic N) is 1. The Balaban J connectivity index is 1.84. The molecule has 1 aliphatic rings. The lowest BCUT2D eigenvalue weighted by molar-refractivity contribution is -0.126. The third-order valence-corrected chi connectivity index (χ3v) is 4.16. The summed E-state index contributed by atoms with van der Waals surface area (Å²) in [5, 5.41) is 2.83. The summed E-state index contributed by atoms with van der Waals surface area (Å²) in [5.41, 5.74) is 0.528. The van der Waals surface area contributed by atoms with E-state index in [4.69, 9.17) is 0 Å². The largest absolute Gasteiger partial charge is 0.351 e. The molecular weight excluding hydrogens is 255 g/mol. The smallest absolute Gasteiger partial charge is 0.237 e. The van der Waals surface area contributed by atoms with Crippen molar-refractivity contribution in [3.05, 3.63) is 35.6 Å². The number of hydrogen-bond acceptors (Lipinski definition) is 2. The molecule has 1 saturated heterocycles. The molecule has 0 saturated carbocycles. The Hall–Kier alpha value is -1.42. The monoisotopic (exact) mass is 278 g/mol. The molecule has 1 unspecified atom stereocenters. The molecule has 2 rings (SSSR count). The van der Waals surface area contributed by atoms with Gasteiger partial charge >= 0.3 is 0 Å². The molecular formula is C16H23FN2O. The van der Waals surface area contributed by atoms with E-state index in [9.17, 15) is 9.18 Å². The van der Waals surface area contributed by atoms with E-state index in [2.05, 4.69) is 17.1 Å². The lowest BCUT2D eigenvalue weighted by Crippen LogP contribution is -2.47. The second-order valence-corrected chi connectivity index (χ2v) is 5.70. The summed E-state index contributed by atoms with van der Waals surface area (Å²) in [6.07, 6.45) is 2.29. The molecule has 1 aromatic rings. The van der Waals surface area contributed by atoms with Gasteiger partial charge in [-0.15, -0.1) is 0 Å². The number of rotatable bonds is 4. The van der Waals surface area contributed by atoms with E-state index < -0.39 is 0 Å². The first-order valence-electron chi connectivity index (χ1n) is 7.33. The van der Waals surface area contributed by atoms with E-state index in [1.54, 1.807) is 18.2 Å². The van der Waals surface area contributed by atoms with Crippen LogP contribution in [0.15, 0.2) is 24.3 Å². The van der Waals surface area contributed by atoms with Gasteiger partial charge in [0.1, 0.15) is 5.82 Å². The first-order valence-corrected chi connectivity index (χ1v) is 7.33. The quantitative estimate of drug-likeness (QED) is 0.918. The van der Waals surface area contributed by atoms with Crippen molar-refractivity contribution in [3.63, 3.8) is 0 Å². The van der Waals surface area contributed by atoms with Gasteiger partial charge in [0.25, 0.3) is 0 Å². The van der Waals surface area contributed by atoms with Crippen LogP contribution in [0.1, 0.15) is 32.3 Å². The highest BCUT2D eigenvalue weighted by Crippen LogP contribution is 2.18. The predicted octanol–water partition coefficient (Wildman–Crippen LogP) is 2.56. The zero-order valence-corrected chi connectivity index (χ0v) is 12.2. The minimum absolute atomic E-state index is 0.0252. The summed E-state index contributed by atoms with van der Waals surface area (Å²) < 4.78 is 13.5. The van der Waals surface area contributed by atoms with Crippen molar-refractivity contribution in [1.29, 1.82) is 0 Å². The van der Waals surface area contributed by atoms with Gasteiger partial charge in [0.15, 0.2) is 0 Å². The molecule has 1 amide bonds. The minimum atomic E-state index is -0.271. The van der Waals surface area contributed by atoms with Crippen molar-refractivity contribution in [2.24, 2.45) is 5.92 Å². The molecule has 1 heterocycles. The Bertz CT molecular complexity index is 456. The third-order valence-electron chi connectivity index (χ3n) is 4.16. The fourth-order valence-electron chi connectivity index (χ4n) is 2.55. The average molecular weight is 278 g/mol. The van der Waals surface area contributed by atoms with E-state index in [0.717, 1.165) is 31.8 Å². The van der Waals surface area contributed by atoms with Crippen LogP contribution in [0.4, 0.5) is 4.39 Å². The fraction of sp³-hybridized carbons (Fsp3) is 0.562. The summed E-state index contributed by atoms with van der Waals surface area (Å²) in [7, 11) is 0. The molecule has 1 atom stereocenters. The standard InChI is InChI=1S/C16H23FN2O/c1-12-7-9-19(10-8-12)13(2)16(20)18-11-14-5-3-4-6-15(14)17/h3-6,12-13H,7-11H2,1-2H3,(H,18,20). The van der Waals surface area contributed by atoms with Crippen molar-refractivity contribution in [3.8, 4) is 0 Å². The van der Waals surface area contributed by atoms with Gasteiger partial charge in [0.05, 0.1) is 6.04 Å². The number of nitrogens with one attached hydrogen (secondary N) is 1. The Morgan fingerprint density at radius 2 is 2.05 bits per heavy atom. The molecule has 1 N–H and O–H groups in total. The van der Waals surface area contributed by atoms with Crippen molar-refractivity contribution >= 4 is 5.91 Å². The van der Waals surface area contributed by atoms with Crippen LogP contribution in [0.5, 0.6) is 0 Å². The molecule has 4 heteroatoms. The van der Waals surface area contributed by atoms with Crippen LogP contribution in [-0.2, 0) is 11.3 Å². The summed E-state index contributed by atoms with van der Waals surface area (Å²) in [5.74, 6) is 0.454. The van der Waals surface area contributed by atoms with Crippen LogP contribution >= 0.6 is 0 Å². The molecule has 0 aliphatic carbocycles. The van der Waals surface area contributed by atoms with Gasteiger partial charge in [-0.3, -0.25) is 9.69 Å². The highest BCUT2D eigenvalue weighted by molar-refractivity contribution is 5.81. The van der Waals surface area contributed by atoms with Gasteiger partial charge in [-0.2, -0.15) is 0 Å². The second-order valence-electron chi connectivity index (χ2n) is 5.70. The zero-order valence-electron chi connectivity index (χ0n) is 12.2. The first kappa shape index (κ1) is 15.0. The molecule has 110 valence electrons. The fourth-order valence-corrected chi connectivity index (χ4v) is 2.55. The molecule has 1 aromatic carbocycles. The SMILES string of the molecule is CC1CCN(C(C)C(=O)NCc2ccccc2F)CC1. The van der Waals surface area contributed by atoms with Crippen LogP contribution in [-0.4, -0.2) is 29.9 Å². The van der Waals surface area contributed by atoms with E-state index in [1.165, 1.54) is 6.07 Å². The maximum absolute atomic E-state index is 13.5. The van der Waals surface area contributed by atoms with E-state index in [1.807, 2.05) is 6.92 Å². The molecule has 0 aromatic heterocycles. The summed E-state index contributed by atoms with van der Waals surface area (Å²) >= 11 is 0. The van der Waals surface area contributed by atoms with E-state index in [0.29, 0.717) is 5.56 Å². The summed E-state index contributed by atoms with van der Waals surface area (Å²) in [4.78, 5) is 14.3. The van der Waals surface area contributed by atoms with Crippen LogP contribution in [0, 0.1) is 11.7 Å². The topological polar surface area (TPSA) is 32.3 Å². The highest BCUT2D eigenvalue weighted by atomic mass is 19.1. The van der Waals surface area contributed by atoms with Gasteiger partial charge in [-0.05, 0) is 44.8 Å². The predicted molar refractivity (Wildman–Crippen MR) is 77.7 cm³/mol. The van der Waals surface area contributed by atoms with Crippen LogP contribution in [0.2, 0.25) is 0 Å². The number of benzene rings is 1. The van der Waals surface area contributed by atoms with Crippen molar-refractivity contribution < 1.29 is 9.18 Å². The Labute approximate surface area is 120 Å². The highest BCUT2D eigenvalue weighted by Gasteiger charge is 2.24. The Morgan fingerprint density at radius 3 is 2.70 bits per heavy atom. The molecule has 0 bridgehead atoms. The van der Waals surface area contributed by atoms with Gasteiger partial charge in [0, 0.05) is 12.1 Å². The molecule has 0 radical (unpaired) electrons. The number of carbonyl (C=O) groups is 1. The first-order chi connectivity index (χ1) is 9.58. The maximum atomic E-state index is 13.5. The third kappa shape index (κ3) is 3.79. The van der Waals surface area contributed by atoms with Crippen molar-refractivity contribution in [2.45, 2.75) is 39.3 Å². The van der Waals surface area contributed by atoms with Crippen LogP contribution < -0.4 is 5.32 Å².